The Hall–Kier alpha value is -5.12. The van der Waals surface area contributed by atoms with Gasteiger partial charge in [0.05, 0.1) is 36.4 Å². The minimum Gasteiger partial charge on any atom is -0.410 e. The molecule has 16 heteroatoms. The molecule has 4 saturated heterocycles. The van der Waals surface area contributed by atoms with E-state index < -0.39 is 0 Å². The van der Waals surface area contributed by atoms with Gasteiger partial charge in [-0.15, -0.1) is 0 Å². The molecule has 4 fully saturated rings. The molecule has 0 spiro atoms. The highest BCUT2D eigenvalue weighted by Crippen LogP contribution is 2.39. The lowest BCUT2D eigenvalue weighted by Crippen LogP contribution is -2.43. The van der Waals surface area contributed by atoms with Crippen LogP contribution in [0.1, 0.15) is 48.5 Å². The Bertz CT molecular complexity index is 1760. The number of allylic oxidation sites excluding steroid dienone is 1. The highest BCUT2D eigenvalue weighted by Gasteiger charge is 2.48. The number of rotatable bonds is 8. The summed E-state index contributed by atoms with van der Waals surface area (Å²) in [7, 11) is 0. The van der Waals surface area contributed by atoms with E-state index in [2.05, 4.69) is 21.7 Å². The number of fused-ring (bicyclic) bond motifs is 4. The van der Waals surface area contributed by atoms with Crippen molar-refractivity contribution in [1.29, 1.82) is 5.26 Å². The van der Waals surface area contributed by atoms with Crippen molar-refractivity contribution in [3.05, 3.63) is 107 Å². The molecule has 4 aliphatic heterocycles. The third-order valence-corrected chi connectivity index (χ3v) is 8.94. The zero-order valence-electron chi connectivity index (χ0n) is 26.8. The van der Waals surface area contributed by atoms with Gasteiger partial charge in [0.2, 0.25) is 0 Å². The van der Waals surface area contributed by atoms with Gasteiger partial charge in [0.1, 0.15) is 24.3 Å². The first-order chi connectivity index (χ1) is 24.2. The monoisotopic (exact) mass is 720 g/mol. The van der Waals surface area contributed by atoms with Crippen LogP contribution in [0, 0.1) is 17.9 Å². The van der Waals surface area contributed by atoms with E-state index in [1.807, 2.05) is 60.7 Å². The predicted molar refractivity (Wildman–Crippen MR) is 181 cm³/mol. The van der Waals surface area contributed by atoms with Gasteiger partial charge in [0.25, 0.3) is 0 Å². The van der Waals surface area contributed by atoms with Crippen molar-refractivity contribution in [3.8, 4) is 6.07 Å². The molecule has 1 N–H and O–H groups in total. The smallest absolute Gasteiger partial charge is 0.367 e. The maximum Gasteiger partial charge on any atom is 0.367 e. The van der Waals surface area contributed by atoms with Gasteiger partial charge in [0.15, 0.2) is 5.17 Å². The molecule has 4 amide bonds. The van der Waals surface area contributed by atoms with Gasteiger partial charge in [0, 0.05) is 19.2 Å². The molecule has 2 aromatic carbocycles. The third-order valence-electron chi connectivity index (χ3n) is 8.53. The molecule has 14 nitrogen and oxygen atoms in total. The maximum absolute atomic E-state index is 12.7. The highest BCUT2D eigenvalue weighted by molar-refractivity contribution is 6.66. The largest absolute Gasteiger partial charge is 0.410 e. The number of hydrogen-bond acceptors (Lipinski definition) is 9. The van der Waals surface area contributed by atoms with Crippen molar-refractivity contribution < 1.29 is 29.0 Å². The summed E-state index contributed by atoms with van der Waals surface area (Å²) >= 11 is 10.8. The Kier molecular flexibility index (Phi) is 12.3. The molecule has 0 unspecified atom stereocenters. The van der Waals surface area contributed by atoms with Crippen molar-refractivity contribution in [2.24, 2.45) is 5.16 Å². The van der Waals surface area contributed by atoms with Crippen LogP contribution in [0.5, 0.6) is 0 Å². The van der Waals surface area contributed by atoms with Crippen molar-refractivity contribution in [1.82, 2.24) is 25.1 Å². The van der Waals surface area contributed by atoms with E-state index in [9.17, 15) is 9.59 Å². The van der Waals surface area contributed by atoms with E-state index >= 15 is 0 Å². The molecule has 4 bridgehead atoms. The number of aromatic nitrogens is 1. The first kappa shape index (κ1) is 36.2. The highest BCUT2D eigenvalue weighted by atomic mass is 35.5. The van der Waals surface area contributed by atoms with Gasteiger partial charge < -0.3 is 19.5 Å². The first-order valence-corrected chi connectivity index (χ1v) is 16.5. The van der Waals surface area contributed by atoms with E-state index in [1.165, 1.54) is 10.1 Å². The van der Waals surface area contributed by atoms with Gasteiger partial charge in [-0.25, -0.2) is 9.59 Å². The van der Waals surface area contributed by atoms with E-state index in [0.29, 0.717) is 38.4 Å². The molecular formula is C34H34Cl2N8O6. The molecule has 4 aliphatic rings. The second-order valence-electron chi connectivity index (χ2n) is 11.7. The predicted octanol–water partition coefficient (Wildman–Crippen LogP) is 6.97. The fourth-order valence-corrected chi connectivity index (χ4v) is 6.37. The van der Waals surface area contributed by atoms with Crippen molar-refractivity contribution in [3.63, 3.8) is 0 Å². The first-order valence-electron chi connectivity index (χ1n) is 15.7. The summed E-state index contributed by atoms with van der Waals surface area (Å²) in [5.74, 6) is 0.149. The second-order valence-corrected chi connectivity index (χ2v) is 12.5. The topological polar surface area (TPSA) is 152 Å². The number of oxime groups is 1. The fraction of sp³-hybridized carbons (Fsp3) is 0.353. The number of hydrogen-bond donors (Lipinski definition) is 1. The lowest BCUT2D eigenvalue weighted by Gasteiger charge is -2.28. The normalized spacial score (nSPS) is 22.2. The summed E-state index contributed by atoms with van der Waals surface area (Å²) in [6.45, 7) is 11.9. The quantitative estimate of drug-likeness (QED) is 0.0861. The third kappa shape index (κ3) is 8.53. The van der Waals surface area contributed by atoms with Crippen molar-refractivity contribution in [2.45, 2.75) is 63.1 Å². The maximum atomic E-state index is 12.7. The average Bonchev–Trinajstić information content (AvgIpc) is 3.80. The number of urea groups is 2. The van der Waals surface area contributed by atoms with Gasteiger partial charge in [-0.2, -0.15) is 20.2 Å². The fourth-order valence-electron chi connectivity index (χ4n) is 6.14. The van der Waals surface area contributed by atoms with Crippen LogP contribution < -0.4 is 0 Å². The van der Waals surface area contributed by atoms with Gasteiger partial charge in [-0.3, -0.25) is 9.68 Å². The van der Waals surface area contributed by atoms with Crippen LogP contribution in [0.15, 0.2) is 88.0 Å². The van der Waals surface area contributed by atoms with Crippen LogP contribution in [0.25, 0.3) is 4.85 Å². The summed E-state index contributed by atoms with van der Waals surface area (Å²) in [5.41, 5.74) is 2.67. The molecule has 3 aromatic rings. The molecule has 50 heavy (non-hydrogen) atoms. The number of piperidine rings is 2. The summed E-state index contributed by atoms with van der Waals surface area (Å²) in [5, 5.41) is 26.4. The van der Waals surface area contributed by atoms with Gasteiger partial charge in [-0.05, 0) is 36.8 Å². The second kappa shape index (κ2) is 17.0. The minimum atomic E-state index is -0.356. The number of hydroxylamine groups is 4. The van der Waals surface area contributed by atoms with Crippen molar-refractivity contribution in [2.75, 3.05) is 13.1 Å². The Morgan fingerprint density at radius 3 is 1.98 bits per heavy atom. The van der Waals surface area contributed by atoms with E-state index in [1.54, 1.807) is 21.9 Å². The summed E-state index contributed by atoms with van der Waals surface area (Å²) in [6, 6.07) is 21.9. The van der Waals surface area contributed by atoms with Crippen LogP contribution in [0.4, 0.5) is 15.5 Å². The molecule has 260 valence electrons. The number of benzene rings is 2. The van der Waals surface area contributed by atoms with Crippen LogP contribution in [0.3, 0.4) is 0 Å². The zero-order chi connectivity index (χ0) is 35.6. The Labute approximate surface area is 298 Å². The zero-order valence-corrected chi connectivity index (χ0v) is 28.4. The number of carbonyl (C=O) groups is 2. The van der Waals surface area contributed by atoms with E-state index in [0.717, 1.165) is 30.4 Å². The number of nitrogens with zero attached hydrogens (tertiary/aromatic N) is 8. The number of halogens is 2. The van der Waals surface area contributed by atoms with Gasteiger partial charge in [-0.1, -0.05) is 101 Å². The van der Waals surface area contributed by atoms with Crippen LogP contribution in [-0.4, -0.2) is 78.7 Å². The lowest BCUT2D eigenvalue weighted by molar-refractivity contribution is -0.140. The molecule has 0 radical (unpaired) electrons. The Morgan fingerprint density at radius 1 is 0.960 bits per heavy atom. The average molecular weight is 722 g/mol. The minimum absolute atomic E-state index is 0.0284. The number of nitriles is 1. The van der Waals surface area contributed by atoms with Crippen LogP contribution >= 0.6 is 23.2 Å². The lowest BCUT2D eigenvalue weighted by atomic mass is 9.98. The Balaban J connectivity index is 0.000000173. The summed E-state index contributed by atoms with van der Waals surface area (Å²) < 4.78 is 4.95. The van der Waals surface area contributed by atoms with E-state index in [-0.39, 0.29) is 52.3 Å². The van der Waals surface area contributed by atoms with Gasteiger partial charge >= 0.3 is 17.9 Å². The van der Waals surface area contributed by atoms with Crippen LogP contribution in [-0.2, 0) is 22.9 Å². The number of carbonyl (C=O) groups excluding carboxylic acids is 2. The molecule has 5 heterocycles. The number of amides is 4. The molecule has 0 aliphatic carbocycles. The standard InChI is InChI=1S/C17H16N4O3.C14H16ClN3O3.C3H2ClN/c1-18-16-9-14(19-24-16)15-8-7-13-10-20(15)17(22)21(13)23-11-12-5-3-2-4-6-12;15-13(16-20)12-7-6-11-8-17(12)14(19)18(11)21-9-10-4-2-1-3-5-10;1-3(4)2-5/h2-6,9,13,15H,7-8,10-11H2;1-5,11-12,20H,6-9H2;1H2/b;16-13-;/t13-,15+;11-,12+;/m11./s1. The molecular weight excluding hydrogens is 687 g/mol. The molecule has 7 rings (SSSR count). The van der Waals surface area contributed by atoms with Crippen LogP contribution in [0.2, 0.25) is 0 Å². The van der Waals surface area contributed by atoms with E-state index in [4.69, 9.17) is 54.4 Å². The SMILES string of the molecule is C=C(Cl)C#N.O=C1N2C[C@@H](CC[C@H]2/C(Cl)=N/O)N1OCc1ccccc1.[C-]#[N+]c1cc([C@@H]2CC[C@@H]3CN2C(=O)N3OCc2ccccc2)no1. The van der Waals surface area contributed by atoms with Crippen molar-refractivity contribution >= 4 is 46.3 Å². The summed E-state index contributed by atoms with van der Waals surface area (Å²) in [6.07, 6.45) is 3.06. The molecule has 0 saturated carbocycles. The molecule has 4 atom stereocenters. The summed E-state index contributed by atoms with van der Waals surface area (Å²) in [4.78, 5) is 43.1. The Morgan fingerprint density at radius 2 is 1.48 bits per heavy atom. The molecule has 1 aromatic heterocycles.